The van der Waals surface area contributed by atoms with Crippen LogP contribution in [0.3, 0.4) is 0 Å². The van der Waals surface area contributed by atoms with Gasteiger partial charge in [-0.15, -0.1) is 0 Å². The zero-order chi connectivity index (χ0) is 18.2. The van der Waals surface area contributed by atoms with Gasteiger partial charge in [0.15, 0.2) is 0 Å². The van der Waals surface area contributed by atoms with Crippen molar-refractivity contribution in [2.24, 2.45) is 0 Å². The van der Waals surface area contributed by atoms with Crippen LogP contribution in [0.4, 0.5) is 0 Å². The number of ether oxygens (including phenoxy) is 1. The summed E-state index contributed by atoms with van der Waals surface area (Å²) >= 11 is 0. The van der Waals surface area contributed by atoms with E-state index < -0.39 is 0 Å². The third-order valence-corrected chi connectivity index (χ3v) is 3.83. The van der Waals surface area contributed by atoms with Gasteiger partial charge in [-0.25, -0.2) is 4.98 Å². The molecular weight excluding hydrogens is 330 g/mol. The first kappa shape index (κ1) is 17.7. The molecular formula is C20H21N3O3. The molecule has 1 aromatic carbocycles. The Hall–Kier alpha value is -3.15. The van der Waals surface area contributed by atoms with Crippen LogP contribution in [-0.4, -0.2) is 22.7 Å². The van der Waals surface area contributed by atoms with Crippen molar-refractivity contribution in [1.29, 1.82) is 0 Å². The van der Waals surface area contributed by atoms with Gasteiger partial charge < -0.3 is 14.6 Å². The highest BCUT2D eigenvalue weighted by Gasteiger charge is 2.15. The molecule has 1 N–H and O–H groups in total. The van der Waals surface area contributed by atoms with Gasteiger partial charge in [0.05, 0.1) is 6.61 Å². The van der Waals surface area contributed by atoms with Gasteiger partial charge in [0, 0.05) is 29.9 Å². The molecule has 0 fully saturated rings. The van der Waals surface area contributed by atoms with E-state index in [-0.39, 0.29) is 11.7 Å². The van der Waals surface area contributed by atoms with Crippen LogP contribution < -0.4 is 10.1 Å². The number of nitrogens with zero attached hydrogens (tertiary/aromatic N) is 2. The number of carbonyl (C=O) groups is 1. The Morgan fingerprint density at radius 3 is 2.85 bits per heavy atom. The predicted octanol–water partition coefficient (Wildman–Crippen LogP) is 3.85. The number of amides is 1. The molecule has 3 rings (SSSR count). The summed E-state index contributed by atoms with van der Waals surface area (Å²) in [6, 6.07) is 14.9. The Morgan fingerprint density at radius 1 is 1.19 bits per heavy atom. The summed E-state index contributed by atoms with van der Waals surface area (Å²) in [6.45, 7) is 3.01. The molecule has 0 bridgehead atoms. The maximum atomic E-state index is 12.3. The van der Waals surface area contributed by atoms with Crippen LogP contribution in [-0.2, 0) is 6.54 Å². The van der Waals surface area contributed by atoms with E-state index in [1.165, 1.54) is 0 Å². The highest BCUT2D eigenvalue weighted by molar-refractivity contribution is 5.92. The van der Waals surface area contributed by atoms with Crippen molar-refractivity contribution in [3.05, 3.63) is 66.1 Å². The van der Waals surface area contributed by atoms with Crippen LogP contribution in [0.2, 0.25) is 0 Å². The molecule has 0 radical (unpaired) electrons. The lowest BCUT2D eigenvalue weighted by Gasteiger charge is -2.10. The molecule has 3 aromatic rings. The van der Waals surface area contributed by atoms with Crippen LogP contribution in [0.15, 0.2) is 59.3 Å². The Kier molecular flexibility index (Phi) is 5.98. The number of hydrogen-bond acceptors (Lipinski definition) is 5. The molecule has 6 heteroatoms. The summed E-state index contributed by atoms with van der Waals surface area (Å²) in [5.41, 5.74) is 2.34. The van der Waals surface area contributed by atoms with Gasteiger partial charge in [-0.3, -0.25) is 4.79 Å². The number of unbranched alkanes of at least 4 members (excludes halogenated alkanes) is 1. The summed E-state index contributed by atoms with van der Waals surface area (Å²) in [5.74, 6) is 0.382. The maximum Gasteiger partial charge on any atom is 0.290 e. The molecule has 0 unspecified atom stereocenters. The van der Waals surface area contributed by atoms with E-state index in [0.717, 1.165) is 24.0 Å². The quantitative estimate of drug-likeness (QED) is 0.624. The van der Waals surface area contributed by atoms with Crippen molar-refractivity contribution in [3.63, 3.8) is 0 Å². The summed E-state index contributed by atoms with van der Waals surface area (Å²) < 4.78 is 10.8. The van der Waals surface area contributed by atoms with Crippen molar-refractivity contribution in [2.75, 3.05) is 6.61 Å². The van der Waals surface area contributed by atoms with Crippen LogP contribution in [0.5, 0.6) is 5.88 Å². The first-order valence-corrected chi connectivity index (χ1v) is 8.65. The molecule has 0 spiro atoms. The van der Waals surface area contributed by atoms with Crippen LogP contribution >= 0.6 is 0 Å². The van der Waals surface area contributed by atoms with E-state index in [9.17, 15) is 4.79 Å². The van der Waals surface area contributed by atoms with Gasteiger partial charge in [0.1, 0.15) is 5.69 Å². The third-order valence-electron chi connectivity index (χ3n) is 3.83. The predicted molar refractivity (Wildman–Crippen MR) is 97.7 cm³/mol. The number of pyridine rings is 1. The lowest BCUT2D eigenvalue weighted by Crippen LogP contribution is -2.22. The number of benzene rings is 1. The standard InChI is InChI=1S/C20H21N3O3/c1-2-3-12-25-20-16(10-7-11-21-20)14-22-19(24)18-13-17(23-26-18)15-8-5-4-6-9-15/h4-11,13H,2-3,12,14H2,1H3,(H,22,24). The van der Waals surface area contributed by atoms with E-state index in [1.54, 1.807) is 12.3 Å². The second-order valence-corrected chi connectivity index (χ2v) is 5.79. The summed E-state index contributed by atoms with van der Waals surface area (Å²) in [4.78, 5) is 16.6. The fourth-order valence-electron chi connectivity index (χ4n) is 2.39. The second kappa shape index (κ2) is 8.80. The molecule has 0 aliphatic heterocycles. The molecule has 1 amide bonds. The fraction of sp³-hybridized carbons (Fsp3) is 0.250. The number of nitrogens with one attached hydrogen (secondary N) is 1. The highest BCUT2D eigenvalue weighted by Crippen LogP contribution is 2.19. The summed E-state index contributed by atoms with van der Waals surface area (Å²) in [6.07, 6.45) is 3.69. The lowest BCUT2D eigenvalue weighted by atomic mass is 10.1. The van der Waals surface area contributed by atoms with E-state index in [0.29, 0.717) is 24.7 Å². The monoisotopic (exact) mass is 351 g/mol. The lowest BCUT2D eigenvalue weighted by molar-refractivity contribution is 0.0913. The first-order valence-electron chi connectivity index (χ1n) is 8.65. The van der Waals surface area contributed by atoms with Crippen molar-refractivity contribution >= 4 is 5.91 Å². The molecule has 0 aliphatic carbocycles. The molecule has 0 atom stereocenters. The SMILES string of the molecule is CCCCOc1ncccc1CNC(=O)c1cc(-c2ccccc2)no1. The number of aromatic nitrogens is 2. The van der Waals surface area contributed by atoms with Crippen LogP contribution in [0, 0.1) is 0 Å². The Bertz CT molecular complexity index is 846. The minimum atomic E-state index is -0.331. The molecule has 2 aromatic heterocycles. The highest BCUT2D eigenvalue weighted by atomic mass is 16.5. The Balaban J connectivity index is 1.62. The zero-order valence-corrected chi connectivity index (χ0v) is 14.6. The van der Waals surface area contributed by atoms with Gasteiger partial charge in [-0.05, 0) is 12.5 Å². The zero-order valence-electron chi connectivity index (χ0n) is 14.6. The minimum Gasteiger partial charge on any atom is -0.477 e. The first-order chi connectivity index (χ1) is 12.8. The molecule has 0 aliphatic rings. The third kappa shape index (κ3) is 4.47. The Morgan fingerprint density at radius 2 is 2.04 bits per heavy atom. The molecule has 134 valence electrons. The fourth-order valence-corrected chi connectivity index (χ4v) is 2.39. The summed E-state index contributed by atoms with van der Waals surface area (Å²) in [7, 11) is 0. The average molecular weight is 351 g/mol. The van der Waals surface area contributed by atoms with E-state index in [4.69, 9.17) is 9.26 Å². The van der Waals surface area contributed by atoms with Gasteiger partial charge >= 0.3 is 0 Å². The summed E-state index contributed by atoms with van der Waals surface area (Å²) in [5, 5.41) is 6.78. The van der Waals surface area contributed by atoms with E-state index in [2.05, 4.69) is 22.4 Å². The Labute approximate surface area is 152 Å². The maximum absolute atomic E-state index is 12.3. The van der Waals surface area contributed by atoms with E-state index in [1.807, 2.05) is 42.5 Å². The normalized spacial score (nSPS) is 10.5. The smallest absolute Gasteiger partial charge is 0.290 e. The van der Waals surface area contributed by atoms with Crippen LogP contribution in [0.1, 0.15) is 35.9 Å². The van der Waals surface area contributed by atoms with Gasteiger partial charge in [0.2, 0.25) is 11.6 Å². The van der Waals surface area contributed by atoms with E-state index >= 15 is 0 Å². The largest absolute Gasteiger partial charge is 0.477 e. The topological polar surface area (TPSA) is 77.2 Å². The van der Waals surface area contributed by atoms with Crippen molar-refractivity contribution in [1.82, 2.24) is 15.5 Å². The molecule has 6 nitrogen and oxygen atoms in total. The molecule has 0 saturated carbocycles. The minimum absolute atomic E-state index is 0.168. The number of hydrogen-bond donors (Lipinski definition) is 1. The average Bonchev–Trinajstić information content (AvgIpc) is 3.18. The molecule has 2 heterocycles. The second-order valence-electron chi connectivity index (χ2n) is 5.79. The van der Waals surface area contributed by atoms with Gasteiger partial charge in [-0.1, -0.05) is 54.9 Å². The molecule has 0 saturated heterocycles. The van der Waals surface area contributed by atoms with Gasteiger partial charge in [-0.2, -0.15) is 0 Å². The van der Waals surface area contributed by atoms with Crippen LogP contribution in [0.25, 0.3) is 11.3 Å². The van der Waals surface area contributed by atoms with Crippen molar-refractivity contribution in [3.8, 4) is 17.1 Å². The van der Waals surface area contributed by atoms with Gasteiger partial charge in [0.25, 0.3) is 5.91 Å². The van der Waals surface area contributed by atoms with Crippen molar-refractivity contribution in [2.45, 2.75) is 26.3 Å². The van der Waals surface area contributed by atoms with Crippen molar-refractivity contribution < 1.29 is 14.1 Å². The number of carbonyl (C=O) groups excluding carboxylic acids is 1. The number of rotatable bonds is 8. The molecule has 26 heavy (non-hydrogen) atoms.